The summed E-state index contributed by atoms with van der Waals surface area (Å²) in [6, 6.07) is 0. The molecular weight excluding hydrogens is 232 g/mol. The maximum Gasteiger partial charge on any atom is 0.329 e. The van der Waals surface area contributed by atoms with Gasteiger partial charge in [0.2, 0.25) is 0 Å². The van der Waals surface area contributed by atoms with Gasteiger partial charge < -0.3 is 29.5 Å². The van der Waals surface area contributed by atoms with E-state index in [4.69, 9.17) is 19.3 Å². The van der Waals surface area contributed by atoms with Crippen molar-refractivity contribution in [3.63, 3.8) is 0 Å². The molecule has 100 valence electrons. The third-order valence-electron chi connectivity index (χ3n) is 2.80. The molecule has 17 heavy (non-hydrogen) atoms. The molecule has 0 aromatic heterocycles. The van der Waals surface area contributed by atoms with Gasteiger partial charge in [-0.3, -0.25) is 0 Å². The standard InChI is InChI=1S/C10H18O7/c1-5-6(3-16-4-7(11)12)17-10(15-2)9(14)8(5)13/h5-6,8-10,13-14H,3-4H2,1-2H3,(H,11,12)/t5?,6?,8-,9?,10-/m0/s1. The lowest BCUT2D eigenvalue weighted by Crippen LogP contribution is -2.55. The SMILES string of the molecule is CO[C@H]1OC(COCC(=O)O)C(C)[C@H](O)C1O. The largest absolute Gasteiger partial charge is 0.480 e. The summed E-state index contributed by atoms with van der Waals surface area (Å²) < 4.78 is 15.1. The van der Waals surface area contributed by atoms with E-state index in [1.54, 1.807) is 6.92 Å². The predicted molar refractivity (Wildman–Crippen MR) is 55.3 cm³/mol. The fourth-order valence-electron chi connectivity index (χ4n) is 1.72. The molecule has 5 atom stereocenters. The van der Waals surface area contributed by atoms with Crippen LogP contribution in [0.3, 0.4) is 0 Å². The molecule has 0 aromatic rings. The van der Waals surface area contributed by atoms with Crippen molar-refractivity contribution < 1.29 is 34.3 Å². The second-order valence-electron chi connectivity index (χ2n) is 4.03. The molecular formula is C10H18O7. The van der Waals surface area contributed by atoms with Crippen molar-refractivity contribution in [3.8, 4) is 0 Å². The van der Waals surface area contributed by atoms with Gasteiger partial charge in [-0.05, 0) is 0 Å². The highest BCUT2D eigenvalue weighted by molar-refractivity contribution is 5.67. The third-order valence-corrected chi connectivity index (χ3v) is 2.80. The second-order valence-corrected chi connectivity index (χ2v) is 4.03. The predicted octanol–water partition coefficient (Wildman–Crippen LogP) is -1.18. The van der Waals surface area contributed by atoms with Crippen LogP contribution in [0.15, 0.2) is 0 Å². The van der Waals surface area contributed by atoms with E-state index in [-0.39, 0.29) is 12.5 Å². The van der Waals surface area contributed by atoms with E-state index in [1.165, 1.54) is 7.11 Å². The van der Waals surface area contributed by atoms with Crippen LogP contribution >= 0.6 is 0 Å². The number of methoxy groups -OCH3 is 1. The van der Waals surface area contributed by atoms with Crippen LogP contribution in [-0.2, 0) is 19.0 Å². The Morgan fingerprint density at radius 3 is 2.53 bits per heavy atom. The van der Waals surface area contributed by atoms with Crippen LogP contribution in [0.2, 0.25) is 0 Å². The third kappa shape index (κ3) is 3.62. The number of ether oxygens (including phenoxy) is 3. The molecule has 7 heteroatoms. The number of aliphatic hydroxyl groups excluding tert-OH is 2. The molecule has 1 aliphatic rings. The number of aliphatic hydroxyl groups is 2. The molecule has 1 saturated heterocycles. The first-order chi connectivity index (χ1) is 7.97. The molecule has 3 unspecified atom stereocenters. The summed E-state index contributed by atoms with van der Waals surface area (Å²) in [5.74, 6) is -1.44. The molecule has 1 rings (SSSR count). The Balaban J connectivity index is 2.50. The fourth-order valence-corrected chi connectivity index (χ4v) is 1.72. The Labute approximate surface area is 98.9 Å². The van der Waals surface area contributed by atoms with Gasteiger partial charge in [-0.2, -0.15) is 0 Å². The Hall–Kier alpha value is -0.730. The molecule has 7 nitrogen and oxygen atoms in total. The molecule has 0 bridgehead atoms. The van der Waals surface area contributed by atoms with Gasteiger partial charge >= 0.3 is 5.97 Å². The number of carboxylic acids is 1. The summed E-state index contributed by atoms with van der Waals surface area (Å²) in [5, 5.41) is 27.8. The molecule has 1 aliphatic heterocycles. The lowest BCUT2D eigenvalue weighted by atomic mass is 9.91. The van der Waals surface area contributed by atoms with Crippen molar-refractivity contribution >= 4 is 5.97 Å². The van der Waals surface area contributed by atoms with Crippen LogP contribution in [0.25, 0.3) is 0 Å². The highest BCUT2D eigenvalue weighted by atomic mass is 16.7. The smallest absolute Gasteiger partial charge is 0.329 e. The first-order valence-corrected chi connectivity index (χ1v) is 5.31. The Kier molecular flexibility index (Phi) is 5.29. The van der Waals surface area contributed by atoms with Crippen LogP contribution in [0, 0.1) is 5.92 Å². The number of carbonyl (C=O) groups is 1. The summed E-state index contributed by atoms with van der Waals surface area (Å²) in [7, 11) is 1.35. The minimum Gasteiger partial charge on any atom is -0.480 e. The van der Waals surface area contributed by atoms with E-state index in [0.29, 0.717) is 0 Å². The van der Waals surface area contributed by atoms with Gasteiger partial charge in [0.05, 0.1) is 18.8 Å². The van der Waals surface area contributed by atoms with Gasteiger partial charge in [-0.25, -0.2) is 4.79 Å². The van der Waals surface area contributed by atoms with E-state index in [1.807, 2.05) is 0 Å². The average Bonchev–Trinajstić information content (AvgIpc) is 2.29. The molecule has 1 heterocycles. The number of hydrogen-bond donors (Lipinski definition) is 3. The number of carboxylic acid groups (broad SMARTS) is 1. The Bertz CT molecular complexity index is 255. The highest BCUT2D eigenvalue weighted by Crippen LogP contribution is 2.26. The zero-order valence-corrected chi connectivity index (χ0v) is 9.78. The first kappa shape index (κ1) is 14.3. The van der Waals surface area contributed by atoms with Gasteiger partial charge in [0.25, 0.3) is 0 Å². The van der Waals surface area contributed by atoms with Crippen molar-refractivity contribution in [3.05, 3.63) is 0 Å². The zero-order valence-electron chi connectivity index (χ0n) is 9.78. The van der Waals surface area contributed by atoms with Crippen molar-refractivity contribution in [2.45, 2.75) is 31.5 Å². The normalized spacial score (nSPS) is 38.0. The molecule has 0 aromatic carbocycles. The molecule has 0 aliphatic carbocycles. The van der Waals surface area contributed by atoms with Gasteiger partial charge in [-0.1, -0.05) is 6.92 Å². The van der Waals surface area contributed by atoms with Crippen molar-refractivity contribution in [2.24, 2.45) is 5.92 Å². The summed E-state index contributed by atoms with van der Waals surface area (Å²) in [6.07, 6.45) is -3.56. The van der Waals surface area contributed by atoms with Gasteiger partial charge in [0.15, 0.2) is 6.29 Å². The highest BCUT2D eigenvalue weighted by Gasteiger charge is 2.42. The molecule has 1 fully saturated rings. The quantitative estimate of drug-likeness (QED) is 0.563. The second kappa shape index (κ2) is 6.27. The van der Waals surface area contributed by atoms with Crippen LogP contribution in [0.4, 0.5) is 0 Å². The van der Waals surface area contributed by atoms with Crippen molar-refractivity contribution in [2.75, 3.05) is 20.3 Å². The molecule has 0 amide bonds. The topological polar surface area (TPSA) is 105 Å². The summed E-state index contributed by atoms with van der Waals surface area (Å²) >= 11 is 0. The maximum atomic E-state index is 10.3. The van der Waals surface area contributed by atoms with Crippen LogP contribution in [-0.4, -0.2) is 66.2 Å². The summed E-state index contributed by atoms with van der Waals surface area (Å²) in [5.41, 5.74) is 0. The molecule has 0 saturated carbocycles. The van der Waals surface area contributed by atoms with E-state index in [9.17, 15) is 15.0 Å². The number of hydrogen-bond acceptors (Lipinski definition) is 6. The van der Waals surface area contributed by atoms with Crippen molar-refractivity contribution in [1.29, 1.82) is 0 Å². The van der Waals surface area contributed by atoms with Gasteiger partial charge in [0.1, 0.15) is 12.7 Å². The Morgan fingerprint density at radius 1 is 1.35 bits per heavy atom. The van der Waals surface area contributed by atoms with Crippen LogP contribution in [0.1, 0.15) is 6.92 Å². The zero-order chi connectivity index (χ0) is 13.0. The van der Waals surface area contributed by atoms with E-state index < -0.39 is 37.2 Å². The van der Waals surface area contributed by atoms with E-state index in [2.05, 4.69) is 0 Å². The van der Waals surface area contributed by atoms with Gasteiger partial charge in [-0.15, -0.1) is 0 Å². The minimum atomic E-state index is -1.12. The van der Waals surface area contributed by atoms with E-state index in [0.717, 1.165) is 0 Å². The van der Waals surface area contributed by atoms with Crippen LogP contribution < -0.4 is 0 Å². The van der Waals surface area contributed by atoms with Crippen molar-refractivity contribution in [1.82, 2.24) is 0 Å². The average molecular weight is 250 g/mol. The first-order valence-electron chi connectivity index (χ1n) is 5.31. The van der Waals surface area contributed by atoms with E-state index >= 15 is 0 Å². The Morgan fingerprint density at radius 2 is 2.00 bits per heavy atom. The number of rotatable bonds is 5. The summed E-state index contributed by atoms with van der Waals surface area (Å²) in [4.78, 5) is 10.3. The number of aliphatic carboxylic acids is 1. The fraction of sp³-hybridized carbons (Fsp3) is 0.900. The lowest BCUT2D eigenvalue weighted by molar-refractivity contribution is -0.282. The van der Waals surface area contributed by atoms with Gasteiger partial charge in [0, 0.05) is 13.0 Å². The monoisotopic (exact) mass is 250 g/mol. The van der Waals surface area contributed by atoms with Crippen LogP contribution in [0.5, 0.6) is 0 Å². The molecule has 3 N–H and O–H groups in total. The minimum absolute atomic E-state index is 0.0249. The lowest BCUT2D eigenvalue weighted by Gasteiger charge is -2.40. The maximum absolute atomic E-state index is 10.3. The molecule has 0 spiro atoms. The molecule has 0 radical (unpaired) electrons. The summed E-state index contributed by atoms with van der Waals surface area (Å²) in [6.45, 7) is 1.29.